The Morgan fingerprint density at radius 3 is 2.60 bits per heavy atom. The molecule has 0 aliphatic rings. The minimum atomic E-state index is -0.0720. The highest BCUT2D eigenvalue weighted by Gasteiger charge is 2.03. The number of amides is 1. The second-order valence-corrected chi connectivity index (χ2v) is 5.21. The molecule has 0 saturated carbocycles. The lowest BCUT2D eigenvalue weighted by Crippen LogP contribution is -2.17. The van der Waals surface area contributed by atoms with Crippen LogP contribution in [0.1, 0.15) is 21.5 Å². The number of aromatic nitrogens is 1. The summed E-state index contributed by atoms with van der Waals surface area (Å²) in [4.78, 5) is 15.7. The number of pyridine rings is 1. The zero-order valence-corrected chi connectivity index (χ0v) is 13.0. The summed E-state index contributed by atoms with van der Waals surface area (Å²) in [5.41, 5.74) is 3.83. The molecule has 1 amide bonds. The van der Waals surface area contributed by atoms with E-state index in [1.165, 1.54) is 0 Å². The Morgan fingerprint density at radius 2 is 2.00 bits per heavy atom. The first-order valence-electron chi connectivity index (χ1n) is 6.27. The Kier molecular flexibility index (Phi) is 4.74. The molecule has 0 saturated heterocycles. The molecule has 0 aliphatic carbocycles. The van der Waals surface area contributed by atoms with Gasteiger partial charge in [-0.05, 0) is 52.2 Å². The van der Waals surface area contributed by atoms with Crippen LogP contribution in [0.2, 0.25) is 0 Å². The molecule has 2 N–H and O–H groups in total. The summed E-state index contributed by atoms with van der Waals surface area (Å²) in [6.45, 7) is 2.69. The molecule has 0 bridgehead atoms. The number of nitrogens with zero attached hydrogens (tertiary/aromatic N) is 1. The summed E-state index contributed by atoms with van der Waals surface area (Å²) in [5, 5.41) is 5.91. The molecule has 1 aromatic carbocycles. The van der Waals surface area contributed by atoms with Gasteiger partial charge in [0.25, 0.3) is 5.91 Å². The van der Waals surface area contributed by atoms with Crippen molar-refractivity contribution < 1.29 is 4.79 Å². The zero-order chi connectivity index (χ0) is 14.5. The fraction of sp³-hybridized carbons (Fsp3) is 0.200. The lowest BCUT2D eigenvalue weighted by atomic mass is 10.1. The van der Waals surface area contributed by atoms with Crippen molar-refractivity contribution in [2.75, 3.05) is 12.4 Å². The Balaban J connectivity index is 2.00. The quantitative estimate of drug-likeness (QED) is 0.845. The fourth-order valence-electron chi connectivity index (χ4n) is 1.78. The SMILES string of the molecule is CNC(=O)c1ccc(CNc2cnc(Br)c(C)c2)cc1. The van der Waals surface area contributed by atoms with Crippen LogP contribution in [0.4, 0.5) is 5.69 Å². The first-order valence-corrected chi connectivity index (χ1v) is 7.06. The van der Waals surface area contributed by atoms with Gasteiger partial charge in [-0.1, -0.05) is 12.1 Å². The van der Waals surface area contributed by atoms with E-state index in [-0.39, 0.29) is 5.91 Å². The zero-order valence-electron chi connectivity index (χ0n) is 11.4. The molecule has 1 heterocycles. The molecule has 0 aliphatic heterocycles. The van der Waals surface area contributed by atoms with Gasteiger partial charge in [0.1, 0.15) is 4.60 Å². The highest BCUT2D eigenvalue weighted by atomic mass is 79.9. The molecule has 0 fully saturated rings. The van der Waals surface area contributed by atoms with Gasteiger partial charge < -0.3 is 10.6 Å². The van der Waals surface area contributed by atoms with Crippen LogP contribution in [-0.4, -0.2) is 17.9 Å². The first kappa shape index (κ1) is 14.5. The largest absolute Gasteiger partial charge is 0.380 e. The normalized spacial score (nSPS) is 10.2. The summed E-state index contributed by atoms with van der Waals surface area (Å²) in [7, 11) is 1.63. The van der Waals surface area contributed by atoms with Crippen LogP contribution >= 0.6 is 15.9 Å². The standard InChI is InChI=1S/C15H16BrN3O/c1-10-7-13(9-19-14(10)16)18-8-11-3-5-12(6-4-11)15(20)17-2/h3-7,9,18H,8H2,1-2H3,(H,17,20). The molecule has 0 atom stereocenters. The number of halogens is 1. The third-order valence-electron chi connectivity index (χ3n) is 2.95. The van der Waals surface area contributed by atoms with Crippen LogP contribution in [0.5, 0.6) is 0 Å². The molecular weight excluding hydrogens is 318 g/mol. The van der Waals surface area contributed by atoms with Crippen molar-refractivity contribution in [3.63, 3.8) is 0 Å². The predicted octanol–water partition coefficient (Wildman–Crippen LogP) is 3.12. The average molecular weight is 334 g/mol. The third-order valence-corrected chi connectivity index (χ3v) is 3.78. The van der Waals surface area contributed by atoms with Gasteiger partial charge in [-0.2, -0.15) is 0 Å². The van der Waals surface area contributed by atoms with Crippen LogP contribution in [0.3, 0.4) is 0 Å². The van der Waals surface area contributed by atoms with Crippen molar-refractivity contribution >= 4 is 27.5 Å². The van der Waals surface area contributed by atoms with Crippen molar-refractivity contribution in [3.05, 3.63) is 57.8 Å². The van der Waals surface area contributed by atoms with E-state index in [0.717, 1.165) is 21.4 Å². The highest BCUT2D eigenvalue weighted by molar-refractivity contribution is 9.10. The van der Waals surface area contributed by atoms with Crippen molar-refractivity contribution in [1.29, 1.82) is 0 Å². The number of rotatable bonds is 4. The van der Waals surface area contributed by atoms with E-state index < -0.39 is 0 Å². The molecule has 0 unspecified atom stereocenters. The van der Waals surface area contributed by atoms with Gasteiger partial charge in [0.2, 0.25) is 0 Å². The summed E-state index contributed by atoms with van der Waals surface area (Å²) < 4.78 is 0.859. The van der Waals surface area contributed by atoms with Crippen molar-refractivity contribution in [3.8, 4) is 0 Å². The van der Waals surface area contributed by atoms with E-state index in [9.17, 15) is 4.79 Å². The van der Waals surface area contributed by atoms with E-state index >= 15 is 0 Å². The maximum Gasteiger partial charge on any atom is 0.251 e. The fourth-order valence-corrected chi connectivity index (χ4v) is 1.99. The molecular formula is C15H16BrN3O. The van der Waals surface area contributed by atoms with Gasteiger partial charge in [0.15, 0.2) is 0 Å². The molecule has 0 radical (unpaired) electrons. The van der Waals surface area contributed by atoms with Gasteiger partial charge in [0, 0.05) is 19.2 Å². The first-order chi connectivity index (χ1) is 9.60. The highest BCUT2D eigenvalue weighted by Crippen LogP contribution is 2.17. The number of benzene rings is 1. The van der Waals surface area contributed by atoms with E-state index in [1.54, 1.807) is 13.2 Å². The lowest BCUT2D eigenvalue weighted by Gasteiger charge is -2.08. The van der Waals surface area contributed by atoms with Crippen LogP contribution in [0.15, 0.2) is 41.1 Å². The smallest absolute Gasteiger partial charge is 0.251 e. The monoisotopic (exact) mass is 333 g/mol. The number of hydrogen-bond donors (Lipinski definition) is 2. The molecule has 4 nitrogen and oxygen atoms in total. The Morgan fingerprint density at radius 1 is 1.30 bits per heavy atom. The summed E-state index contributed by atoms with van der Waals surface area (Å²) in [6.07, 6.45) is 1.79. The number of aryl methyl sites for hydroxylation is 1. The molecule has 2 aromatic rings. The number of anilines is 1. The molecule has 0 spiro atoms. The van der Waals surface area contributed by atoms with Gasteiger partial charge in [-0.25, -0.2) is 4.98 Å². The van der Waals surface area contributed by atoms with Crippen LogP contribution < -0.4 is 10.6 Å². The van der Waals surface area contributed by atoms with Crippen LogP contribution in [-0.2, 0) is 6.54 Å². The summed E-state index contributed by atoms with van der Waals surface area (Å²) in [6, 6.07) is 9.56. The molecule has 104 valence electrons. The Labute approximate surface area is 126 Å². The predicted molar refractivity (Wildman–Crippen MR) is 83.8 cm³/mol. The van der Waals surface area contributed by atoms with E-state index in [4.69, 9.17) is 0 Å². The maximum absolute atomic E-state index is 11.4. The van der Waals surface area contributed by atoms with Gasteiger partial charge in [-0.3, -0.25) is 4.79 Å². The van der Waals surface area contributed by atoms with Crippen LogP contribution in [0, 0.1) is 6.92 Å². The number of hydrogen-bond acceptors (Lipinski definition) is 3. The summed E-state index contributed by atoms with van der Waals surface area (Å²) >= 11 is 3.38. The second-order valence-electron chi connectivity index (χ2n) is 4.46. The number of nitrogens with one attached hydrogen (secondary N) is 2. The van der Waals surface area contributed by atoms with E-state index in [2.05, 4.69) is 31.5 Å². The molecule has 1 aromatic heterocycles. The minimum absolute atomic E-state index is 0.0720. The van der Waals surface area contributed by atoms with E-state index in [0.29, 0.717) is 12.1 Å². The molecule has 2 rings (SSSR count). The topological polar surface area (TPSA) is 54.0 Å². The second kappa shape index (κ2) is 6.52. The maximum atomic E-state index is 11.4. The lowest BCUT2D eigenvalue weighted by molar-refractivity contribution is 0.0963. The van der Waals surface area contributed by atoms with Crippen molar-refractivity contribution in [2.45, 2.75) is 13.5 Å². The third kappa shape index (κ3) is 3.57. The number of carbonyl (C=O) groups is 1. The van der Waals surface area contributed by atoms with E-state index in [1.807, 2.05) is 37.3 Å². The molecule has 5 heteroatoms. The Hall–Kier alpha value is -1.88. The van der Waals surface area contributed by atoms with Gasteiger partial charge >= 0.3 is 0 Å². The Bertz CT molecular complexity index is 611. The van der Waals surface area contributed by atoms with Gasteiger partial charge in [0.05, 0.1) is 11.9 Å². The number of carbonyl (C=O) groups excluding carboxylic acids is 1. The van der Waals surface area contributed by atoms with Crippen molar-refractivity contribution in [2.24, 2.45) is 0 Å². The van der Waals surface area contributed by atoms with Crippen molar-refractivity contribution in [1.82, 2.24) is 10.3 Å². The molecule has 20 heavy (non-hydrogen) atoms. The minimum Gasteiger partial charge on any atom is -0.380 e. The van der Waals surface area contributed by atoms with Crippen LogP contribution in [0.25, 0.3) is 0 Å². The average Bonchev–Trinajstić information content (AvgIpc) is 2.48. The van der Waals surface area contributed by atoms with Gasteiger partial charge in [-0.15, -0.1) is 0 Å². The summed E-state index contributed by atoms with van der Waals surface area (Å²) in [5.74, 6) is -0.0720.